The van der Waals surface area contributed by atoms with Crippen molar-refractivity contribution in [1.29, 1.82) is 0 Å². The van der Waals surface area contributed by atoms with Gasteiger partial charge in [-0.1, -0.05) is 11.6 Å². The summed E-state index contributed by atoms with van der Waals surface area (Å²) < 4.78 is 0. The van der Waals surface area contributed by atoms with E-state index in [1.54, 1.807) is 17.0 Å². The van der Waals surface area contributed by atoms with E-state index in [1.807, 2.05) is 0 Å². The molecule has 7 heteroatoms. The molecule has 102 valence electrons. The largest absolute Gasteiger partial charge is 0.480 e. The van der Waals surface area contributed by atoms with Crippen molar-refractivity contribution in [3.63, 3.8) is 0 Å². The van der Waals surface area contributed by atoms with Crippen molar-refractivity contribution in [1.82, 2.24) is 4.90 Å². The highest BCUT2D eigenvalue weighted by Gasteiger charge is 2.31. The number of halogens is 1. The summed E-state index contributed by atoms with van der Waals surface area (Å²) in [4.78, 5) is 23.3. The molecule has 1 aromatic carbocycles. The maximum atomic E-state index is 11.1. The molecule has 0 amide bonds. The van der Waals surface area contributed by atoms with E-state index in [-0.39, 0.29) is 12.2 Å². The average Bonchev–Trinajstić information content (AvgIpc) is 2.79. The fourth-order valence-electron chi connectivity index (χ4n) is 2.35. The number of carboxylic acid groups (broad SMARTS) is 1. The molecule has 2 rings (SSSR count). The molecule has 0 spiro atoms. The number of aliphatic carboxylic acids is 1. The van der Waals surface area contributed by atoms with Crippen molar-refractivity contribution in [2.24, 2.45) is 0 Å². The van der Waals surface area contributed by atoms with Crippen molar-refractivity contribution in [2.75, 3.05) is 6.54 Å². The monoisotopic (exact) mass is 284 g/mol. The predicted molar refractivity (Wildman–Crippen MR) is 69.2 cm³/mol. The summed E-state index contributed by atoms with van der Waals surface area (Å²) in [6.45, 7) is 0.890. The summed E-state index contributed by atoms with van der Waals surface area (Å²) >= 11 is 5.74. The molecule has 1 atom stereocenters. The molecule has 0 aromatic heterocycles. The highest BCUT2D eigenvalue weighted by atomic mass is 35.5. The Morgan fingerprint density at radius 2 is 2.32 bits per heavy atom. The van der Waals surface area contributed by atoms with Crippen LogP contribution in [0.3, 0.4) is 0 Å². The average molecular weight is 285 g/mol. The van der Waals surface area contributed by atoms with Gasteiger partial charge in [0.15, 0.2) is 0 Å². The van der Waals surface area contributed by atoms with Gasteiger partial charge in [0, 0.05) is 23.2 Å². The van der Waals surface area contributed by atoms with Crippen LogP contribution >= 0.6 is 11.6 Å². The number of hydrogen-bond donors (Lipinski definition) is 1. The minimum absolute atomic E-state index is 0.0662. The minimum Gasteiger partial charge on any atom is -0.480 e. The lowest BCUT2D eigenvalue weighted by atomic mass is 10.1. The molecule has 1 aromatic rings. The normalized spacial score (nSPS) is 19.5. The fourth-order valence-corrected chi connectivity index (χ4v) is 2.52. The first-order chi connectivity index (χ1) is 8.99. The maximum Gasteiger partial charge on any atom is 0.320 e. The standard InChI is InChI=1S/C12H13ClN2O4/c13-9-4-3-8(11(6-9)15(18)19)7-14-5-1-2-10(14)12(16)17/h3-4,6,10H,1-2,5,7H2,(H,16,17)/t10-/m0/s1. The van der Waals surface area contributed by atoms with Crippen LogP contribution in [0.25, 0.3) is 0 Å². The third-order valence-electron chi connectivity index (χ3n) is 3.27. The molecule has 6 nitrogen and oxygen atoms in total. The SMILES string of the molecule is O=C(O)[C@@H]1CCCN1Cc1ccc(Cl)cc1[N+](=O)[O-]. The molecule has 1 heterocycles. The van der Waals surface area contributed by atoms with Crippen molar-refractivity contribution >= 4 is 23.3 Å². The van der Waals surface area contributed by atoms with Crippen LogP contribution in [0.15, 0.2) is 18.2 Å². The number of rotatable bonds is 4. The molecule has 0 saturated carbocycles. The number of likely N-dealkylation sites (tertiary alicyclic amines) is 1. The van der Waals surface area contributed by atoms with Gasteiger partial charge in [0.25, 0.3) is 5.69 Å². The third kappa shape index (κ3) is 3.02. The van der Waals surface area contributed by atoms with E-state index in [9.17, 15) is 14.9 Å². The van der Waals surface area contributed by atoms with Gasteiger partial charge in [0.05, 0.1) is 4.92 Å². The summed E-state index contributed by atoms with van der Waals surface area (Å²) in [6, 6.07) is 3.89. The van der Waals surface area contributed by atoms with Crippen LogP contribution in [0.2, 0.25) is 5.02 Å². The molecule has 19 heavy (non-hydrogen) atoms. The predicted octanol–water partition coefficient (Wildman–Crippen LogP) is 2.30. The number of nitro groups is 1. The maximum absolute atomic E-state index is 11.1. The van der Waals surface area contributed by atoms with Gasteiger partial charge >= 0.3 is 5.97 Å². The van der Waals surface area contributed by atoms with Gasteiger partial charge in [-0.05, 0) is 31.5 Å². The zero-order valence-corrected chi connectivity index (χ0v) is 10.8. The van der Waals surface area contributed by atoms with Crippen molar-refractivity contribution < 1.29 is 14.8 Å². The van der Waals surface area contributed by atoms with Crippen LogP contribution in [0.4, 0.5) is 5.69 Å². The summed E-state index contributed by atoms with van der Waals surface area (Å²) in [7, 11) is 0. The molecule has 0 aliphatic carbocycles. The van der Waals surface area contributed by atoms with Crippen molar-refractivity contribution in [3.8, 4) is 0 Å². The van der Waals surface area contributed by atoms with E-state index in [0.29, 0.717) is 23.6 Å². The smallest absolute Gasteiger partial charge is 0.320 e. The molecule has 1 N–H and O–H groups in total. The van der Waals surface area contributed by atoms with Gasteiger partial charge in [-0.15, -0.1) is 0 Å². The van der Waals surface area contributed by atoms with Crippen molar-refractivity contribution in [2.45, 2.75) is 25.4 Å². The lowest BCUT2D eigenvalue weighted by molar-refractivity contribution is -0.385. The van der Waals surface area contributed by atoms with E-state index in [0.717, 1.165) is 6.42 Å². The quantitative estimate of drug-likeness (QED) is 0.677. The van der Waals surface area contributed by atoms with E-state index < -0.39 is 16.9 Å². The minimum atomic E-state index is -0.880. The molecular formula is C12H13ClN2O4. The second-order valence-electron chi connectivity index (χ2n) is 4.50. The second-order valence-corrected chi connectivity index (χ2v) is 4.93. The summed E-state index contributed by atoms with van der Waals surface area (Å²) in [6.07, 6.45) is 1.37. The van der Waals surface area contributed by atoms with Crippen LogP contribution in [0.5, 0.6) is 0 Å². The lowest BCUT2D eigenvalue weighted by Crippen LogP contribution is -2.35. The van der Waals surface area contributed by atoms with Crippen LogP contribution in [-0.2, 0) is 11.3 Å². The molecule has 1 aliphatic rings. The highest BCUT2D eigenvalue weighted by Crippen LogP contribution is 2.27. The fraction of sp³-hybridized carbons (Fsp3) is 0.417. The van der Waals surface area contributed by atoms with E-state index in [1.165, 1.54) is 6.07 Å². The zero-order valence-electron chi connectivity index (χ0n) is 10.1. The Balaban J connectivity index is 2.23. The van der Waals surface area contributed by atoms with Gasteiger partial charge < -0.3 is 5.11 Å². The second kappa shape index (κ2) is 5.54. The first kappa shape index (κ1) is 13.8. The van der Waals surface area contributed by atoms with Gasteiger partial charge in [0.2, 0.25) is 0 Å². The van der Waals surface area contributed by atoms with Crippen molar-refractivity contribution in [3.05, 3.63) is 38.9 Å². The van der Waals surface area contributed by atoms with Gasteiger partial charge in [-0.3, -0.25) is 19.8 Å². The molecule has 0 radical (unpaired) electrons. The topological polar surface area (TPSA) is 83.7 Å². The van der Waals surface area contributed by atoms with E-state index >= 15 is 0 Å². The Kier molecular flexibility index (Phi) is 4.01. The number of carbonyl (C=O) groups is 1. The molecular weight excluding hydrogens is 272 g/mol. The Labute approximate surface area is 114 Å². The summed E-state index contributed by atoms with van der Waals surface area (Å²) in [5, 5.41) is 20.4. The molecule has 1 saturated heterocycles. The van der Waals surface area contributed by atoms with Gasteiger partial charge in [-0.2, -0.15) is 0 Å². The van der Waals surface area contributed by atoms with E-state index in [4.69, 9.17) is 16.7 Å². The Morgan fingerprint density at radius 1 is 1.58 bits per heavy atom. The first-order valence-electron chi connectivity index (χ1n) is 5.88. The third-order valence-corrected chi connectivity index (χ3v) is 3.50. The van der Waals surface area contributed by atoms with Crippen LogP contribution < -0.4 is 0 Å². The summed E-state index contributed by atoms with van der Waals surface area (Å²) in [5.41, 5.74) is 0.422. The first-order valence-corrected chi connectivity index (χ1v) is 6.26. The Hall–Kier alpha value is -1.66. The Morgan fingerprint density at radius 3 is 2.95 bits per heavy atom. The number of hydrogen-bond acceptors (Lipinski definition) is 4. The highest BCUT2D eigenvalue weighted by molar-refractivity contribution is 6.30. The number of nitro benzene ring substituents is 1. The molecule has 1 fully saturated rings. The molecule has 0 bridgehead atoms. The zero-order chi connectivity index (χ0) is 14.0. The number of benzene rings is 1. The van der Waals surface area contributed by atoms with Crippen LogP contribution in [0, 0.1) is 10.1 Å². The van der Waals surface area contributed by atoms with E-state index in [2.05, 4.69) is 0 Å². The van der Waals surface area contributed by atoms with Gasteiger partial charge in [-0.25, -0.2) is 0 Å². The van der Waals surface area contributed by atoms with Crippen LogP contribution in [0.1, 0.15) is 18.4 Å². The summed E-state index contributed by atoms with van der Waals surface area (Å²) in [5.74, 6) is -0.880. The number of nitrogens with zero attached hydrogens (tertiary/aromatic N) is 2. The lowest BCUT2D eigenvalue weighted by Gasteiger charge is -2.20. The molecule has 0 unspecified atom stereocenters. The van der Waals surface area contributed by atoms with Gasteiger partial charge in [0.1, 0.15) is 6.04 Å². The molecule has 1 aliphatic heterocycles. The Bertz CT molecular complexity index is 520. The van der Waals surface area contributed by atoms with Crippen LogP contribution in [-0.4, -0.2) is 33.5 Å². The number of carboxylic acids is 1.